The molecule has 0 saturated carbocycles. The van der Waals surface area contributed by atoms with Crippen LogP contribution >= 0.6 is 13.4 Å². The largest absolute Gasteiger partial charge is 0.408 e. The summed E-state index contributed by atoms with van der Waals surface area (Å²) in [6, 6.07) is 10.5. The lowest BCUT2D eigenvalue weighted by Crippen LogP contribution is -2.50. The van der Waals surface area contributed by atoms with Gasteiger partial charge in [-0.05, 0) is 60.8 Å². The Labute approximate surface area is 424 Å². The minimum atomic E-state index is -4.40. The summed E-state index contributed by atoms with van der Waals surface area (Å²) in [6.45, 7) is 5.72. The fourth-order valence-electron chi connectivity index (χ4n) is 7.57. The molecule has 8 rings (SSSR count). The van der Waals surface area contributed by atoms with Crippen LogP contribution in [0.2, 0.25) is 18.1 Å². The summed E-state index contributed by atoms with van der Waals surface area (Å²) >= 11 is 11.7. The van der Waals surface area contributed by atoms with Crippen molar-refractivity contribution in [2.24, 2.45) is 0 Å². The number of alkyl halides is 1. The first-order valence-electron chi connectivity index (χ1n) is 22.4. The lowest BCUT2D eigenvalue weighted by Gasteiger charge is -2.41. The van der Waals surface area contributed by atoms with Crippen LogP contribution in [0.4, 0.5) is 16.0 Å². The molecule has 5 aromatic rings. The van der Waals surface area contributed by atoms with Gasteiger partial charge in [0.25, 0.3) is 11.8 Å². The Kier molecular flexibility index (Phi) is 16.2. The fourth-order valence-corrected chi connectivity index (χ4v) is 12.4. The van der Waals surface area contributed by atoms with Crippen molar-refractivity contribution in [3.8, 4) is 6.07 Å². The summed E-state index contributed by atoms with van der Waals surface area (Å²) in [5.74, 6) is -0.753. The van der Waals surface area contributed by atoms with Gasteiger partial charge in [-0.3, -0.25) is 27.8 Å². The first kappa shape index (κ1) is 53.4. The van der Waals surface area contributed by atoms with E-state index in [2.05, 4.69) is 47.1 Å². The van der Waals surface area contributed by atoms with E-state index < -0.39 is 95.9 Å². The van der Waals surface area contributed by atoms with E-state index in [1.54, 1.807) is 66.1 Å². The lowest BCUT2D eigenvalue weighted by molar-refractivity contribution is -0.112. The molecule has 7 heterocycles. The summed E-state index contributed by atoms with van der Waals surface area (Å²) in [5, 5.41) is 14.7. The molecule has 3 fully saturated rings. The molecule has 3 aliphatic rings. The molecule has 2 amide bonds. The molecule has 3 unspecified atom stereocenters. The molecule has 10 atom stereocenters. The Bertz CT molecular complexity index is 3050. The number of aromatic nitrogens is 8. The van der Waals surface area contributed by atoms with Crippen molar-refractivity contribution in [1.29, 1.82) is 5.26 Å². The number of nitrogens with zero attached hydrogens (tertiary/aromatic N) is 9. The second-order valence-corrected chi connectivity index (χ2v) is 28.7. The van der Waals surface area contributed by atoms with E-state index in [1.165, 1.54) is 29.9 Å². The number of ether oxygens (including phenoxy) is 2. The molecular formula is C44H52FN11O11P2S2Si. The number of hydrogen-bond donors (Lipinski definition) is 3. The van der Waals surface area contributed by atoms with Gasteiger partial charge >= 0.3 is 13.4 Å². The highest BCUT2D eigenvalue weighted by molar-refractivity contribution is 8.07. The Balaban J connectivity index is 1.15. The molecule has 0 aliphatic carbocycles. The number of carbonyl (C=O) groups is 2. The Hall–Kier alpha value is -4.94. The van der Waals surface area contributed by atoms with Crippen LogP contribution in [0.15, 0.2) is 92.1 Å². The number of fused-ring (bicyclic) bond motifs is 5. The third-order valence-corrected chi connectivity index (χ3v) is 20.7. The van der Waals surface area contributed by atoms with Crippen molar-refractivity contribution in [2.75, 3.05) is 30.5 Å². The molecule has 2 bridgehead atoms. The van der Waals surface area contributed by atoms with Gasteiger partial charge in [-0.1, -0.05) is 69.9 Å². The van der Waals surface area contributed by atoms with Gasteiger partial charge in [0, 0.05) is 11.1 Å². The Morgan fingerprint density at radius 3 is 2.19 bits per heavy atom. The van der Waals surface area contributed by atoms with Crippen molar-refractivity contribution in [3.05, 3.63) is 97.7 Å². The SMILES string of the molecule is C=C/C=C\C=C(/C)C(=O)Nc1ncnc2c1ncn2[C@@H]1OC2COP(O)(=S)O[C@H]3[C@@H](F)[C@H](n4cnc5c(NC(=O)c6ccccc6)ncnc54)O[C@@H]3COP(=S)(OCCC#N)O[C@@H]1[C@@H]2O[Si](C)(C)C(C)(C)C. The van der Waals surface area contributed by atoms with Gasteiger partial charge in [0.2, 0.25) is 0 Å². The average Bonchev–Trinajstić information content (AvgIpc) is 4.12. The van der Waals surface area contributed by atoms with Gasteiger partial charge in [0.1, 0.15) is 43.2 Å². The van der Waals surface area contributed by atoms with E-state index in [1.807, 2.05) is 39.9 Å². The third kappa shape index (κ3) is 11.5. The normalized spacial score (nSPS) is 28.5. The summed E-state index contributed by atoms with van der Waals surface area (Å²) in [4.78, 5) is 64.4. The summed E-state index contributed by atoms with van der Waals surface area (Å²) in [7, 11) is -2.77. The molecule has 0 radical (unpaired) electrons. The van der Waals surface area contributed by atoms with Crippen LogP contribution in [0.25, 0.3) is 22.3 Å². The first-order chi connectivity index (χ1) is 34.2. The molecule has 382 valence electrons. The number of nitrogens with one attached hydrogen (secondary N) is 2. The Morgan fingerprint density at radius 2 is 1.56 bits per heavy atom. The predicted molar refractivity (Wildman–Crippen MR) is 270 cm³/mol. The number of anilines is 2. The molecule has 22 nitrogen and oxygen atoms in total. The second-order valence-electron chi connectivity index (χ2n) is 18.1. The number of benzene rings is 1. The molecule has 3 aliphatic heterocycles. The van der Waals surface area contributed by atoms with Gasteiger partial charge in [0.15, 0.2) is 60.9 Å². The number of allylic oxidation sites excluding steroid dienone is 4. The van der Waals surface area contributed by atoms with Crippen LogP contribution in [0.1, 0.15) is 56.9 Å². The Morgan fingerprint density at radius 1 is 0.931 bits per heavy atom. The van der Waals surface area contributed by atoms with Gasteiger partial charge in [-0.15, -0.1) is 0 Å². The highest BCUT2D eigenvalue weighted by Gasteiger charge is 2.56. The number of nitriles is 1. The van der Waals surface area contributed by atoms with Crippen LogP contribution < -0.4 is 10.6 Å². The smallest absolute Gasteiger partial charge is 0.327 e. The molecule has 3 saturated heterocycles. The number of carbonyl (C=O) groups excluding carboxylic acids is 2. The minimum Gasteiger partial charge on any atom is -0.408 e. The van der Waals surface area contributed by atoms with Crippen molar-refractivity contribution >= 4 is 91.1 Å². The number of halogens is 1. The van der Waals surface area contributed by atoms with E-state index in [0.717, 1.165) is 0 Å². The molecule has 3 N–H and O–H groups in total. The summed E-state index contributed by atoms with van der Waals surface area (Å²) in [6.07, 6.45) is 0.383. The van der Waals surface area contributed by atoms with Crippen LogP contribution in [0.5, 0.6) is 0 Å². The molecule has 0 spiro atoms. The zero-order valence-corrected chi connectivity index (χ0v) is 44.2. The highest BCUT2D eigenvalue weighted by Crippen LogP contribution is 2.58. The van der Waals surface area contributed by atoms with Crippen molar-refractivity contribution in [2.45, 2.75) is 101 Å². The fraction of sp³-hybridized carbons (Fsp3) is 0.432. The molecular weight excluding hydrogens is 1030 g/mol. The molecule has 4 aromatic heterocycles. The third-order valence-electron chi connectivity index (χ3n) is 12.3. The van der Waals surface area contributed by atoms with E-state index in [-0.39, 0.29) is 52.0 Å². The van der Waals surface area contributed by atoms with Crippen LogP contribution in [-0.2, 0) is 64.9 Å². The maximum atomic E-state index is 17.1. The summed E-state index contributed by atoms with van der Waals surface area (Å²) in [5.41, 5.74) is 1.36. The molecule has 28 heteroatoms. The van der Waals surface area contributed by atoms with Gasteiger partial charge in [-0.25, -0.2) is 34.3 Å². The van der Waals surface area contributed by atoms with Crippen molar-refractivity contribution < 1.29 is 55.4 Å². The first-order valence-corrected chi connectivity index (χ1v) is 30.5. The van der Waals surface area contributed by atoms with E-state index in [9.17, 15) is 19.7 Å². The number of rotatable bonds is 13. The monoisotopic (exact) mass is 1080 g/mol. The lowest BCUT2D eigenvalue weighted by atomic mass is 10.1. The zero-order valence-electron chi connectivity index (χ0n) is 39.8. The van der Waals surface area contributed by atoms with E-state index >= 15 is 4.39 Å². The topological polar surface area (TPSA) is 263 Å². The van der Waals surface area contributed by atoms with Gasteiger partial charge in [0.05, 0.1) is 45.0 Å². The number of hydrogen-bond acceptors (Lipinski definition) is 19. The van der Waals surface area contributed by atoms with E-state index in [0.29, 0.717) is 11.1 Å². The molecule has 72 heavy (non-hydrogen) atoms. The van der Waals surface area contributed by atoms with E-state index in [4.69, 9.17) is 60.1 Å². The maximum Gasteiger partial charge on any atom is 0.327 e. The highest BCUT2D eigenvalue weighted by atomic mass is 32.5. The minimum absolute atomic E-state index is 0.0555. The van der Waals surface area contributed by atoms with Crippen molar-refractivity contribution in [1.82, 2.24) is 39.0 Å². The predicted octanol–water partition coefficient (Wildman–Crippen LogP) is 7.26. The van der Waals surface area contributed by atoms with Crippen LogP contribution in [-0.4, -0.2) is 121 Å². The van der Waals surface area contributed by atoms with Gasteiger partial charge in [-0.2, -0.15) is 5.26 Å². The standard InChI is InChI=1S/C44H52FN11O11P2S2Si/c1-8-9-11-15-26(2)40(57)53-36-31-39(50-22-47-36)56(25-52-31)43-35-34(67-72(6,7)44(3,4)5)29(64-43)20-61-68(59,70)65-33-28(21-62-69(71,66-35)60-19-14-18-46)63-42(30(33)45)55-24-51-32-37(48-23-49-38(32)55)54-41(58)27-16-12-10-13-17-27/h8-13,15-17,22-25,28-30,33-35,42-43H,1,14,19-21H2,2-7H3,(H,59,70)(H,47,50,53,57)(H,48,49,54,58)/b11-9-,26-15+/t28-,29?,30-,33-,34-,35-,42-,43-,68?,69?/m1/s1. The van der Waals surface area contributed by atoms with Crippen LogP contribution in [0.3, 0.4) is 0 Å². The number of imidazole rings is 2. The molecule has 1 aromatic carbocycles. The summed E-state index contributed by atoms with van der Waals surface area (Å²) < 4.78 is 71.5. The quantitative estimate of drug-likeness (QED) is 0.0344. The maximum absolute atomic E-state index is 17.1. The van der Waals surface area contributed by atoms with Crippen molar-refractivity contribution in [3.63, 3.8) is 0 Å². The second kappa shape index (κ2) is 21.9. The zero-order chi connectivity index (χ0) is 51.6. The van der Waals surface area contributed by atoms with Gasteiger partial charge < -0.3 is 43.0 Å². The number of amides is 2. The average molecular weight is 1080 g/mol. The van der Waals surface area contributed by atoms with Crippen LogP contribution in [0, 0.1) is 11.3 Å².